The molecule has 3 aliphatic carbocycles. The first-order chi connectivity index (χ1) is 16.5. The molecule has 0 bridgehead atoms. The van der Waals surface area contributed by atoms with E-state index in [1.54, 1.807) is 6.92 Å². The van der Waals surface area contributed by atoms with Crippen LogP contribution in [0.2, 0.25) is 0 Å². The summed E-state index contributed by atoms with van der Waals surface area (Å²) in [5, 5.41) is 24.7. The molecule has 9 unspecified atom stereocenters. The maximum absolute atomic E-state index is 12.8. The molecule has 0 saturated heterocycles. The molecule has 4 aliphatic rings. The second kappa shape index (κ2) is 8.28. The van der Waals surface area contributed by atoms with Crippen molar-refractivity contribution in [2.75, 3.05) is 0 Å². The van der Waals surface area contributed by atoms with E-state index < -0.39 is 82.2 Å². The molecule has 0 aromatic carbocycles. The molecule has 0 radical (unpaired) electrons. The highest BCUT2D eigenvalue weighted by Gasteiger charge is 2.79. The predicted molar refractivity (Wildman–Crippen MR) is 123 cm³/mol. The van der Waals surface area contributed by atoms with Gasteiger partial charge >= 0.3 is 23.9 Å². The Balaban J connectivity index is 2.03. The van der Waals surface area contributed by atoms with Crippen LogP contribution in [0.5, 0.6) is 0 Å². The first-order valence-electron chi connectivity index (χ1n) is 12.4. The van der Waals surface area contributed by atoms with E-state index in [-0.39, 0.29) is 6.42 Å². The van der Waals surface area contributed by atoms with Crippen molar-refractivity contribution < 1.29 is 48.3 Å². The highest BCUT2D eigenvalue weighted by atomic mass is 16.6. The summed E-state index contributed by atoms with van der Waals surface area (Å²) in [6, 6.07) is 0. The number of carbonyl (C=O) groups excluding carboxylic acids is 4. The van der Waals surface area contributed by atoms with Crippen molar-refractivity contribution in [3.8, 4) is 0 Å². The molecule has 3 saturated carbocycles. The lowest BCUT2D eigenvalue weighted by molar-refractivity contribution is -0.351. The van der Waals surface area contributed by atoms with Gasteiger partial charge in [-0.25, -0.2) is 4.79 Å². The molecule has 4 rings (SSSR count). The van der Waals surface area contributed by atoms with E-state index in [9.17, 15) is 29.4 Å². The third kappa shape index (κ3) is 3.51. The largest absolute Gasteiger partial charge is 0.462 e. The lowest BCUT2D eigenvalue weighted by Gasteiger charge is -2.71. The molecule has 2 N–H and O–H groups in total. The molecular weight excluding hydrogens is 472 g/mol. The Morgan fingerprint density at radius 2 is 1.56 bits per heavy atom. The molecule has 0 amide bonds. The average molecular weight is 509 g/mol. The number of rotatable bonds is 3. The van der Waals surface area contributed by atoms with Gasteiger partial charge < -0.3 is 29.2 Å². The Morgan fingerprint density at radius 1 is 0.972 bits per heavy atom. The molecule has 9 atom stereocenters. The fourth-order valence-electron chi connectivity index (χ4n) is 7.87. The molecule has 0 aromatic rings. The van der Waals surface area contributed by atoms with Crippen LogP contribution in [-0.4, -0.2) is 69.7 Å². The van der Waals surface area contributed by atoms with Gasteiger partial charge in [0.05, 0.1) is 5.60 Å². The van der Waals surface area contributed by atoms with Gasteiger partial charge in [-0.05, 0) is 37.5 Å². The van der Waals surface area contributed by atoms with E-state index >= 15 is 0 Å². The highest BCUT2D eigenvalue weighted by molar-refractivity contribution is 5.86. The number of hydrogen-bond acceptors (Lipinski definition) is 10. The first kappa shape index (κ1) is 26.6. The minimum atomic E-state index is -1.86. The Hall–Kier alpha value is -2.46. The molecule has 200 valence electrons. The average Bonchev–Trinajstić information content (AvgIpc) is 3.11. The van der Waals surface area contributed by atoms with Crippen molar-refractivity contribution >= 4 is 23.9 Å². The number of hydrogen-bond donors (Lipinski definition) is 2. The van der Waals surface area contributed by atoms with Crippen LogP contribution in [0.1, 0.15) is 67.7 Å². The Morgan fingerprint density at radius 3 is 2.11 bits per heavy atom. The van der Waals surface area contributed by atoms with Gasteiger partial charge in [0.15, 0.2) is 6.10 Å². The molecule has 1 heterocycles. The quantitative estimate of drug-likeness (QED) is 0.426. The molecule has 1 aliphatic heterocycles. The zero-order valence-corrected chi connectivity index (χ0v) is 21.8. The molecule has 36 heavy (non-hydrogen) atoms. The van der Waals surface area contributed by atoms with Crippen LogP contribution in [-0.2, 0) is 38.1 Å². The molecular formula is C26H36O10. The Bertz CT molecular complexity index is 1030. The highest BCUT2D eigenvalue weighted by Crippen LogP contribution is 2.69. The van der Waals surface area contributed by atoms with Crippen LogP contribution >= 0.6 is 0 Å². The van der Waals surface area contributed by atoms with E-state index in [1.807, 2.05) is 13.8 Å². The molecule has 10 nitrogen and oxygen atoms in total. The normalized spacial score (nSPS) is 44.7. The third-order valence-corrected chi connectivity index (χ3v) is 9.30. The van der Waals surface area contributed by atoms with Gasteiger partial charge in [0.1, 0.15) is 23.9 Å². The lowest BCUT2D eigenvalue weighted by atomic mass is 9.38. The minimum Gasteiger partial charge on any atom is -0.462 e. The van der Waals surface area contributed by atoms with Crippen LogP contribution in [0.4, 0.5) is 0 Å². The summed E-state index contributed by atoms with van der Waals surface area (Å²) in [5.41, 5.74) is -5.43. The molecule has 0 spiro atoms. The third-order valence-electron chi connectivity index (χ3n) is 9.30. The number of aliphatic hydroxyl groups is 2. The van der Waals surface area contributed by atoms with E-state index in [4.69, 9.17) is 18.9 Å². The maximum atomic E-state index is 12.8. The zero-order valence-electron chi connectivity index (χ0n) is 21.8. The summed E-state index contributed by atoms with van der Waals surface area (Å²) in [7, 11) is 0. The summed E-state index contributed by atoms with van der Waals surface area (Å²) in [4.78, 5) is 49.1. The molecule has 3 fully saturated rings. The van der Waals surface area contributed by atoms with Gasteiger partial charge in [0, 0.05) is 43.8 Å². The maximum Gasteiger partial charge on any atom is 0.331 e. The smallest absolute Gasteiger partial charge is 0.331 e. The fraction of sp³-hybridized carbons (Fsp3) is 0.769. The second-order valence-corrected chi connectivity index (χ2v) is 11.7. The van der Waals surface area contributed by atoms with Crippen molar-refractivity contribution in [2.24, 2.45) is 22.7 Å². The molecule has 10 heteroatoms. The first-order valence-corrected chi connectivity index (χ1v) is 12.4. The van der Waals surface area contributed by atoms with Gasteiger partial charge in [-0.1, -0.05) is 20.8 Å². The lowest BCUT2D eigenvalue weighted by Crippen LogP contribution is -2.82. The summed E-state index contributed by atoms with van der Waals surface area (Å²) >= 11 is 0. The van der Waals surface area contributed by atoms with E-state index in [0.29, 0.717) is 18.4 Å². The summed E-state index contributed by atoms with van der Waals surface area (Å²) < 4.78 is 22.8. The van der Waals surface area contributed by atoms with Crippen molar-refractivity contribution in [1.29, 1.82) is 0 Å². The van der Waals surface area contributed by atoms with Gasteiger partial charge in [-0.3, -0.25) is 14.4 Å². The topological polar surface area (TPSA) is 146 Å². The SMILES string of the molecule is CC(=O)OC1C2C(CC3OC(=O)C=C3C2(C)O)C2(C)C(OC(C)=O)CCC(C)(C)C2(O)C1OC(C)=O. The van der Waals surface area contributed by atoms with Gasteiger partial charge in [-0.15, -0.1) is 0 Å². The fourth-order valence-corrected chi connectivity index (χ4v) is 7.87. The van der Waals surface area contributed by atoms with E-state index in [1.165, 1.54) is 33.8 Å². The van der Waals surface area contributed by atoms with Crippen molar-refractivity contribution in [3.63, 3.8) is 0 Å². The minimum absolute atomic E-state index is 0.190. The van der Waals surface area contributed by atoms with Gasteiger partial charge in [0.2, 0.25) is 0 Å². The van der Waals surface area contributed by atoms with Crippen LogP contribution in [0.15, 0.2) is 11.6 Å². The Kier molecular flexibility index (Phi) is 6.11. The number of esters is 4. The summed E-state index contributed by atoms with van der Waals surface area (Å²) in [5.74, 6) is -4.11. The summed E-state index contributed by atoms with van der Waals surface area (Å²) in [6.07, 6.45) is -1.96. The second-order valence-electron chi connectivity index (χ2n) is 11.7. The van der Waals surface area contributed by atoms with Crippen LogP contribution in [0.3, 0.4) is 0 Å². The van der Waals surface area contributed by atoms with Crippen molar-refractivity contribution in [2.45, 2.75) is 103 Å². The zero-order chi connectivity index (χ0) is 27.0. The Labute approximate surface area is 210 Å². The van der Waals surface area contributed by atoms with Gasteiger partial charge in [-0.2, -0.15) is 0 Å². The van der Waals surface area contributed by atoms with E-state index in [2.05, 4.69) is 0 Å². The summed E-state index contributed by atoms with van der Waals surface area (Å²) in [6.45, 7) is 10.6. The van der Waals surface area contributed by atoms with E-state index in [0.717, 1.165) is 0 Å². The van der Waals surface area contributed by atoms with Crippen LogP contribution in [0.25, 0.3) is 0 Å². The van der Waals surface area contributed by atoms with Crippen molar-refractivity contribution in [3.05, 3.63) is 11.6 Å². The number of fused-ring (bicyclic) bond motifs is 4. The standard InChI is InChI=1S/C26H36O10/c1-12(27)33-18-8-9-23(4,5)26(32)22(35-14(3)29)21(34-13(2)28)20-16(24(18,26)6)10-17-15(25(20,7)31)11-19(30)36-17/h11,16-18,20-22,31-32H,8-10H2,1-7H3. The number of carbonyl (C=O) groups is 4. The number of ether oxygens (including phenoxy) is 4. The monoisotopic (exact) mass is 508 g/mol. The van der Waals surface area contributed by atoms with Crippen molar-refractivity contribution in [1.82, 2.24) is 0 Å². The van der Waals surface area contributed by atoms with Crippen LogP contribution < -0.4 is 0 Å². The van der Waals surface area contributed by atoms with Crippen LogP contribution in [0, 0.1) is 22.7 Å². The predicted octanol–water partition coefficient (Wildman–Crippen LogP) is 1.59. The van der Waals surface area contributed by atoms with Gasteiger partial charge in [0.25, 0.3) is 0 Å². The molecule has 0 aromatic heterocycles.